The number of aliphatic hydroxyl groups is 1. The Morgan fingerprint density at radius 2 is 2.17 bits per heavy atom. The third kappa shape index (κ3) is 4.84. The van der Waals surface area contributed by atoms with Crippen molar-refractivity contribution >= 4 is 11.6 Å². The molecule has 0 aliphatic rings. The van der Waals surface area contributed by atoms with Crippen LogP contribution in [0.3, 0.4) is 0 Å². The summed E-state index contributed by atoms with van der Waals surface area (Å²) in [4.78, 5) is 0. The summed E-state index contributed by atoms with van der Waals surface area (Å²) < 4.78 is 5.28. The summed E-state index contributed by atoms with van der Waals surface area (Å²) in [5.41, 5.74) is 0.112. The first-order valence-electron chi connectivity index (χ1n) is 6.24. The van der Waals surface area contributed by atoms with E-state index < -0.39 is 5.60 Å². The molecular formula is C14H22ClNO2. The molecule has 1 atom stereocenters. The van der Waals surface area contributed by atoms with Crippen LogP contribution in [0.5, 0.6) is 5.75 Å². The van der Waals surface area contributed by atoms with Gasteiger partial charge in [0.15, 0.2) is 0 Å². The molecule has 0 amide bonds. The molecule has 0 saturated carbocycles. The lowest BCUT2D eigenvalue weighted by atomic mass is 9.95. The van der Waals surface area contributed by atoms with Gasteiger partial charge in [0.2, 0.25) is 0 Å². The molecule has 18 heavy (non-hydrogen) atoms. The van der Waals surface area contributed by atoms with Crippen molar-refractivity contribution in [2.24, 2.45) is 0 Å². The molecule has 102 valence electrons. The number of ether oxygens (including phenoxy) is 1. The van der Waals surface area contributed by atoms with Gasteiger partial charge >= 0.3 is 0 Å². The Bertz CT molecular complexity index is 380. The maximum Gasteiger partial charge on any atom is 0.122 e. The van der Waals surface area contributed by atoms with E-state index in [4.69, 9.17) is 16.3 Å². The Hall–Kier alpha value is -0.770. The van der Waals surface area contributed by atoms with Crippen molar-refractivity contribution in [2.75, 3.05) is 20.2 Å². The van der Waals surface area contributed by atoms with Gasteiger partial charge in [0.25, 0.3) is 0 Å². The number of benzene rings is 1. The minimum absolute atomic E-state index is 0.507. The van der Waals surface area contributed by atoms with Crippen LogP contribution in [-0.2, 0) is 6.42 Å². The Balaban J connectivity index is 2.72. The normalized spacial score (nSPS) is 14.3. The van der Waals surface area contributed by atoms with Gasteiger partial charge in [-0.2, -0.15) is 0 Å². The highest BCUT2D eigenvalue weighted by molar-refractivity contribution is 6.30. The van der Waals surface area contributed by atoms with E-state index in [0.29, 0.717) is 18.0 Å². The molecule has 0 spiro atoms. The van der Waals surface area contributed by atoms with Crippen LogP contribution in [0.2, 0.25) is 5.02 Å². The van der Waals surface area contributed by atoms with Crippen LogP contribution in [0.25, 0.3) is 0 Å². The van der Waals surface area contributed by atoms with Gasteiger partial charge in [-0.3, -0.25) is 0 Å². The Labute approximate surface area is 114 Å². The van der Waals surface area contributed by atoms with Crippen LogP contribution in [-0.4, -0.2) is 30.9 Å². The fourth-order valence-corrected chi connectivity index (χ4v) is 2.09. The number of rotatable bonds is 7. The van der Waals surface area contributed by atoms with Crippen LogP contribution in [0.1, 0.15) is 25.8 Å². The van der Waals surface area contributed by atoms with Crippen molar-refractivity contribution in [3.05, 3.63) is 28.8 Å². The SMILES string of the molecule is CCCNCC(C)(O)Cc1cc(Cl)ccc1OC. The van der Waals surface area contributed by atoms with Gasteiger partial charge in [0, 0.05) is 18.0 Å². The van der Waals surface area contributed by atoms with Crippen LogP contribution in [0.15, 0.2) is 18.2 Å². The summed E-state index contributed by atoms with van der Waals surface area (Å²) >= 11 is 5.98. The number of hydrogen-bond donors (Lipinski definition) is 2. The first kappa shape index (κ1) is 15.3. The van der Waals surface area contributed by atoms with E-state index in [1.54, 1.807) is 13.2 Å². The van der Waals surface area contributed by atoms with Gasteiger partial charge in [-0.25, -0.2) is 0 Å². The van der Waals surface area contributed by atoms with Gasteiger partial charge in [-0.15, -0.1) is 0 Å². The van der Waals surface area contributed by atoms with Crippen molar-refractivity contribution in [2.45, 2.75) is 32.3 Å². The molecule has 0 aliphatic carbocycles. The highest BCUT2D eigenvalue weighted by Gasteiger charge is 2.22. The minimum atomic E-state index is -0.812. The maximum absolute atomic E-state index is 10.3. The fraction of sp³-hybridized carbons (Fsp3) is 0.571. The Morgan fingerprint density at radius 3 is 2.78 bits per heavy atom. The minimum Gasteiger partial charge on any atom is -0.496 e. The molecule has 1 aromatic rings. The topological polar surface area (TPSA) is 41.5 Å². The van der Waals surface area contributed by atoms with Crippen molar-refractivity contribution in [1.29, 1.82) is 0 Å². The molecule has 0 saturated heterocycles. The molecule has 0 fully saturated rings. The highest BCUT2D eigenvalue weighted by Crippen LogP contribution is 2.26. The zero-order valence-electron chi connectivity index (χ0n) is 11.3. The van der Waals surface area contributed by atoms with E-state index in [1.165, 1.54) is 0 Å². The van der Waals surface area contributed by atoms with Gasteiger partial charge in [0.1, 0.15) is 5.75 Å². The summed E-state index contributed by atoms with van der Waals surface area (Å²) in [6.45, 7) is 5.37. The first-order chi connectivity index (χ1) is 8.48. The lowest BCUT2D eigenvalue weighted by Crippen LogP contribution is -2.40. The smallest absolute Gasteiger partial charge is 0.122 e. The molecule has 0 aromatic heterocycles. The average molecular weight is 272 g/mol. The van der Waals surface area contributed by atoms with Gasteiger partial charge in [-0.1, -0.05) is 18.5 Å². The predicted octanol–water partition coefficient (Wildman–Crippen LogP) is 2.64. The zero-order valence-corrected chi connectivity index (χ0v) is 12.0. The number of methoxy groups -OCH3 is 1. The van der Waals surface area contributed by atoms with Crippen LogP contribution < -0.4 is 10.1 Å². The van der Waals surface area contributed by atoms with Gasteiger partial charge in [-0.05, 0) is 43.7 Å². The molecular weight excluding hydrogens is 250 g/mol. The monoisotopic (exact) mass is 271 g/mol. The van der Waals surface area contributed by atoms with E-state index in [0.717, 1.165) is 24.3 Å². The van der Waals surface area contributed by atoms with E-state index in [1.807, 2.05) is 19.1 Å². The molecule has 1 rings (SSSR count). The molecule has 4 heteroatoms. The second-order valence-electron chi connectivity index (χ2n) is 4.81. The van der Waals surface area contributed by atoms with Gasteiger partial charge < -0.3 is 15.2 Å². The van der Waals surface area contributed by atoms with E-state index >= 15 is 0 Å². The first-order valence-corrected chi connectivity index (χ1v) is 6.62. The lowest BCUT2D eigenvalue weighted by Gasteiger charge is -2.25. The summed E-state index contributed by atoms with van der Waals surface area (Å²) in [6, 6.07) is 5.45. The summed E-state index contributed by atoms with van der Waals surface area (Å²) in [6.07, 6.45) is 1.56. The van der Waals surface area contributed by atoms with Crippen LogP contribution in [0, 0.1) is 0 Å². The molecule has 1 aromatic carbocycles. The molecule has 0 heterocycles. The van der Waals surface area contributed by atoms with E-state index in [9.17, 15) is 5.11 Å². The zero-order chi connectivity index (χ0) is 13.6. The number of hydrogen-bond acceptors (Lipinski definition) is 3. The molecule has 0 radical (unpaired) electrons. The lowest BCUT2D eigenvalue weighted by molar-refractivity contribution is 0.0597. The standard InChI is InChI=1S/C14H22ClNO2/c1-4-7-16-10-14(2,17)9-11-8-12(15)5-6-13(11)18-3/h5-6,8,16-17H,4,7,9-10H2,1-3H3. The molecule has 0 bridgehead atoms. The second kappa shape index (κ2) is 6.98. The van der Waals surface area contributed by atoms with Crippen molar-refractivity contribution in [3.63, 3.8) is 0 Å². The Kier molecular flexibility index (Phi) is 5.93. The third-order valence-electron chi connectivity index (χ3n) is 2.75. The highest BCUT2D eigenvalue weighted by atomic mass is 35.5. The number of nitrogens with one attached hydrogen (secondary N) is 1. The van der Waals surface area contributed by atoms with Crippen LogP contribution >= 0.6 is 11.6 Å². The second-order valence-corrected chi connectivity index (χ2v) is 5.24. The van der Waals surface area contributed by atoms with Crippen LogP contribution in [0.4, 0.5) is 0 Å². The van der Waals surface area contributed by atoms with Crippen molar-refractivity contribution in [3.8, 4) is 5.75 Å². The predicted molar refractivity (Wildman–Crippen MR) is 75.5 cm³/mol. The third-order valence-corrected chi connectivity index (χ3v) is 2.98. The molecule has 2 N–H and O–H groups in total. The van der Waals surface area contributed by atoms with E-state index in [-0.39, 0.29) is 0 Å². The van der Waals surface area contributed by atoms with Crippen molar-refractivity contribution in [1.82, 2.24) is 5.32 Å². The number of halogens is 1. The fourth-order valence-electron chi connectivity index (χ4n) is 1.89. The van der Waals surface area contributed by atoms with Crippen molar-refractivity contribution < 1.29 is 9.84 Å². The average Bonchev–Trinajstić information content (AvgIpc) is 2.29. The Morgan fingerprint density at radius 1 is 1.44 bits per heavy atom. The summed E-state index contributed by atoms with van der Waals surface area (Å²) in [7, 11) is 1.62. The van der Waals surface area contributed by atoms with E-state index in [2.05, 4.69) is 12.2 Å². The molecule has 1 unspecified atom stereocenters. The summed E-state index contributed by atoms with van der Waals surface area (Å²) in [5.74, 6) is 0.759. The maximum atomic E-state index is 10.3. The largest absolute Gasteiger partial charge is 0.496 e. The van der Waals surface area contributed by atoms with Gasteiger partial charge in [0.05, 0.1) is 12.7 Å². The quantitative estimate of drug-likeness (QED) is 0.749. The molecule has 0 aliphatic heterocycles. The summed E-state index contributed by atoms with van der Waals surface area (Å²) in [5, 5.41) is 14.2. The molecule has 3 nitrogen and oxygen atoms in total.